The predicted octanol–water partition coefficient (Wildman–Crippen LogP) is 3.75. The maximum Gasteiger partial charge on any atom is 0.336 e. The van der Waals surface area contributed by atoms with Crippen molar-refractivity contribution in [3.63, 3.8) is 0 Å². The van der Waals surface area contributed by atoms with Crippen molar-refractivity contribution in [1.29, 1.82) is 0 Å². The number of aryl methyl sites for hydroxylation is 2. The number of carbonyl (C=O) groups excluding carboxylic acids is 1. The number of aromatic nitrogens is 2. The lowest BCUT2D eigenvalue weighted by atomic mass is 10.1. The molecule has 0 aliphatic rings. The van der Waals surface area contributed by atoms with Crippen molar-refractivity contribution in [1.82, 2.24) is 9.13 Å². The summed E-state index contributed by atoms with van der Waals surface area (Å²) in [6, 6.07) is 9.66. The van der Waals surface area contributed by atoms with Gasteiger partial charge in [0.25, 0.3) is 5.56 Å². The molecule has 0 atom stereocenters. The zero-order valence-electron chi connectivity index (χ0n) is 16.6. The van der Waals surface area contributed by atoms with Crippen LogP contribution in [0.5, 0.6) is 0 Å². The third-order valence-electron chi connectivity index (χ3n) is 4.86. The molecule has 2 aromatic carbocycles. The molecule has 9 heteroatoms. The second-order valence-electron chi connectivity index (χ2n) is 7.11. The topological polar surface area (TPSA) is 73.1 Å². The number of benzene rings is 2. The molecule has 6 nitrogen and oxygen atoms in total. The fraction of sp³-hybridized carbons (Fsp3) is 0.136. The van der Waals surface area contributed by atoms with Crippen LogP contribution >= 0.6 is 11.3 Å². The van der Waals surface area contributed by atoms with E-state index in [-0.39, 0.29) is 5.69 Å². The Kier molecular flexibility index (Phi) is 5.28. The van der Waals surface area contributed by atoms with Gasteiger partial charge in [-0.2, -0.15) is 0 Å². The summed E-state index contributed by atoms with van der Waals surface area (Å²) >= 11 is 1.16. The first-order chi connectivity index (χ1) is 14.8. The molecule has 31 heavy (non-hydrogen) atoms. The summed E-state index contributed by atoms with van der Waals surface area (Å²) in [5.41, 5.74) is 0.813. The minimum absolute atomic E-state index is 0.302. The van der Waals surface area contributed by atoms with Crippen LogP contribution in [0.25, 0.3) is 15.9 Å². The molecule has 0 radical (unpaired) electrons. The third kappa shape index (κ3) is 3.79. The lowest BCUT2D eigenvalue weighted by molar-refractivity contribution is -0.116. The highest BCUT2D eigenvalue weighted by molar-refractivity contribution is 7.17. The highest BCUT2D eigenvalue weighted by Crippen LogP contribution is 2.19. The fourth-order valence-corrected chi connectivity index (χ4v) is 4.16. The molecule has 2 aromatic heterocycles. The van der Waals surface area contributed by atoms with Gasteiger partial charge in [0.1, 0.15) is 22.9 Å². The van der Waals surface area contributed by atoms with Crippen molar-refractivity contribution < 1.29 is 13.6 Å². The first-order valence-electron chi connectivity index (χ1n) is 9.32. The Hall–Kier alpha value is -3.59. The fourth-order valence-electron chi connectivity index (χ4n) is 3.34. The molecule has 158 valence electrons. The number of nitrogens with zero attached hydrogens (tertiary/aromatic N) is 2. The van der Waals surface area contributed by atoms with E-state index in [2.05, 4.69) is 5.32 Å². The average Bonchev–Trinajstić information content (AvgIpc) is 3.21. The van der Waals surface area contributed by atoms with Crippen molar-refractivity contribution in [2.24, 2.45) is 0 Å². The number of fused-ring (bicyclic) bond motifs is 1. The average molecular weight is 441 g/mol. The van der Waals surface area contributed by atoms with Crippen molar-refractivity contribution in [3.05, 3.63) is 91.4 Å². The van der Waals surface area contributed by atoms with Gasteiger partial charge in [-0.25, -0.2) is 18.1 Å². The molecular formula is C22H17F2N3O3S. The Balaban J connectivity index is 1.83. The Morgan fingerprint density at radius 3 is 2.61 bits per heavy atom. The molecule has 0 unspecified atom stereocenters. The number of halogens is 2. The van der Waals surface area contributed by atoms with E-state index in [1.54, 1.807) is 30.5 Å². The summed E-state index contributed by atoms with van der Waals surface area (Å²) in [6.45, 7) is 3.15. The molecule has 1 amide bonds. The van der Waals surface area contributed by atoms with Gasteiger partial charge >= 0.3 is 5.69 Å². The molecule has 0 saturated heterocycles. The van der Waals surface area contributed by atoms with Crippen molar-refractivity contribution in [2.45, 2.75) is 20.4 Å². The van der Waals surface area contributed by atoms with Gasteiger partial charge in [0.2, 0.25) is 5.91 Å². The molecule has 0 aliphatic carbocycles. The van der Waals surface area contributed by atoms with Crippen LogP contribution in [-0.2, 0) is 11.3 Å². The van der Waals surface area contributed by atoms with Crippen LogP contribution < -0.4 is 16.6 Å². The number of amides is 1. The van der Waals surface area contributed by atoms with Gasteiger partial charge in [-0.15, -0.1) is 11.3 Å². The van der Waals surface area contributed by atoms with Crippen molar-refractivity contribution in [2.75, 3.05) is 5.32 Å². The molecule has 0 aliphatic heterocycles. The summed E-state index contributed by atoms with van der Waals surface area (Å²) in [5, 5.41) is 3.93. The summed E-state index contributed by atoms with van der Waals surface area (Å²) in [6.07, 6.45) is 0. The third-order valence-corrected chi connectivity index (χ3v) is 5.76. The minimum Gasteiger partial charge on any atom is -0.322 e. The summed E-state index contributed by atoms with van der Waals surface area (Å²) < 4.78 is 29.8. The molecule has 1 N–H and O–H groups in total. The number of nitrogens with one attached hydrogen (secondary N) is 1. The Morgan fingerprint density at radius 2 is 1.84 bits per heavy atom. The van der Waals surface area contributed by atoms with Gasteiger partial charge in [0.05, 0.1) is 16.9 Å². The van der Waals surface area contributed by atoms with Crippen LogP contribution in [0.15, 0.2) is 57.4 Å². The van der Waals surface area contributed by atoms with Crippen LogP contribution in [0.1, 0.15) is 11.1 Å². The number of anilines is 1. The SMILES string of the molecule is Cc1ccc(C)c(-n2c(=O)c3sccc3n(CC(=O)Nc3cc(F)ccc3F)c2=O)c1. The zero-order valence-corrected chi connectivity index (χ0v) is 17.4. The maximum absolute atomic E-state index is 13.9. The highest BCUT2D eigenvalue weighted by Gasteiger charge is 2.19. The standard InChI is InChI=1S/C22H17F2N3O3S/c1-12-3-4-13(2)18(9-12)27-21(29)20-17(7-8-31-20)26(22(27)30)11-19(28)25-16-10-14(23)5-6-15(16)24/h3-10H,11H2,1-2H3,(H,25,28). The number of hydrogen-bond acceptors (Lipinski definition) is 4. The van der Waals surface area contributed by atoms with Crippen LogP contribution in [0.3, 0.4) is 0 Å². The molecule has 4 aromatic rings. The van der Waals surface area contributed by atoms with Crippen LogP contribution in [0, 0.1) is 25.5 Å². The summed E-state index contributed by atoms with van der Waals surface area (Å²) in [5.74, 6) is -2.24. The van der Waals surface area contributed by atoms with Crippen LogP contribution in [0.4, 0.5) is 14.5 Å². The quantitative estimate of drug-likeness (QED) is 0.524. The van der Waals surface area contributed by atoms with Crippen molar-refractivity contribution >= 4 is 33.1 Å². The number of hydrogen-bond donors (Lipinski definition) is 1. The second kappa shape index (κ2) is 7.92. The van der Waals surface area contributed by atoms with E-state index in [0.29, 0.717) is 15.9 Å². The summed E-state index contributed by atoms with van der Waals surface area (Å²) in [7, 11) is 0. The smallest absolute Gasteiger partial charge is 0.322 e. The van der Waals surface area contributed by atoms with Gasteiger partial charge in [0, 0.05) is 6.07 Å². The summed E-state index contributed by atoms with van der Waals surface area (Å²) in [4.78, 5) is 38.9. The maximum atomic E-state index is 13.9. The molecular weight excluding hydrogens is 424 g/mol. The second-order valence-corrected chi connectivity index (χ2v) is 8.02. The van der Waals surface area contributed by atoms with Gasteiger partial charge in [-0.1, -0.05) is 12.1 Å². The largest absolute Gasteiger partial charge is 0.336 e. The molecule has 0 saturated carbocycles. The Bertz CT molecular complexity index is 1450. The highest BCUT2D eigenvalue weighted by atomic mass is 32.1. The lowest BCUT2D eigenvalue weighted by Gasteiger charge is -2.14. The van der Waals surface area contributed by atoms with Gasteiger partial charge in [-0.3, -0.25) is 14.2 Å². The van der Waals surface area contributed by atoms with E-state index >= 15 is 0 Å². The van der Waals surface area contributed by atoms with Gasteiger partial charge in [0.15, 0.2) is 0 Å². The van der Waals surface area contributed by atoms with E-state index < -0.39 is 35.3 Å². The zero-order chi connectivity index (χ0) is 22.3. The molecule has 0 fully saturated rings. The van der Waals surface area contributed by atoms with E-state index in [1.807, 2.05) is 13.0 Å². The molecule has 0 spiro atoms. The monoisotopic (exact) mass is 441 g/mol. The molecule has 2 heterocycles. The lowest BCUT2D eigenvalue weighted by Crippen LogP contribution is -2.40. The number of rotatable bonds is 4. The first kappa shape index (κ1) is 20.7. The van der Waals surface area contributed by atoms with E-state index in [1.165, 1.54) is 0 Å². The van der Waals surface area contributed by atoms with Crippen LogP contribution in [-0.4, -0.2) is 15.0 Å². The van der Waals surface area contributed by atoms with Gasteiger partial charge < -0.3 is 5.32 Å². The Labute approximate surface area is 179 Å². The predicted molar refractivity (Wildman–Crippen MR) is 116 cm³/mol. The van der Waals surface area contributed by atoms with Gasteiger partial charge in [-0.05, 0) is 54.6 Å². The number of carbonyl (C=O) groups is 1. The van der Waals surface area contributed by atoms with E-state index in [0.717, 1.165) is 49.8 Å². The van der Waals surface area contributed by atoms with E-state index in [9.17, 15) is 23.2 Å². The molecule has 0 bridgehead atoms. The minimum atomic E-state index is -0.803. The molecule has 4 rings (SSSR count). The Morgan fingerprint density at radius 1 is 1.06 bits per heavy atom. The first-order valence-corrected chi connectivity index (χ1v) is 10.2. The van der Waals surface area contributed by atoms with Crippen molar-refractivity contribution in [3.8, 4) is 5.69 Å². The normalized spacial score (nSPS) is 11.1. The number of thiophene rings is 1. The van der Waals surface area contributed by atoms with E-state index in [4.69, 9.17) is 0 Å². The van der Waals surface area contributed by atoms with Crippen LogP contribution in [0.2, 0.25) is 0 Å².